The maximum atomic E-state index is 12.9. The van der Waals surface area contributed by atoms with Crippen molar-refractivity contribution < 1.29 is 19.4 Å². The third-order valence-electron chi connectivity index (χ3n) is 7.51. The number of hydrogen-bond donors (Lipinski definition) is 1. The molecule has 1 amide bonds. The van der Waals surface area contributed by atoms with E-state index in [4.69, 9.17) is 14.5 Å². The van der Waals surface area contributed by atoms with Gasteiger partial charge in [0.05, 0.1) is 30.0 Å². The van der Waals surface area contributed by atoms with Gasteiger partial charge in [-0.15, -0.1) is 0 Å². The van der Waals surface area contributed by atoms with Gasteiger partial charge >= 0.3 is 6.09 Å². The molecule has 6 rings (SSSR count). The van der Waals surface area contributed by atoms with Crippen molar-refractivity contribution in [3.8, 4) is 17.1 Å². The number of carbonyl (C=O) groups excluding carboxylic acids is 1. The van der Waals surface area contributed by atoms with E-state index in [0.717, 1.165) is 26.6 Å². The van der Waals surface area contributed by atoms with Crippen LogP contribution in [0.5, 0.6) is 5.75 Å². The highest BCUT2D eigenvalue weighted by Gasteiger charge is 2.36. The summed E-state index contributed by atoms with van der Waals surface area (Å²) in [6.07, 6.45) is 5.28. The van der Waals surface area contributed by atoms with Crippen LogP contribution in [0.3, 0.4) is 0 Å². The Morgan fingerprint density at radius 1 is 1.07 bits per heavy atom. The van der Waals surface area contributed by atoms with E-state index in [9.17, 15) is 14.7 Å². The summed E-state index contributed by atoms with van der Waals surface area (Å²) < 4.78 is 15.8. The van der Waals surface area contributed by atoms with Crippen molar-refractivity contribution in [2.45, 2.75) is 51.4 Å². The Bertz CT molecular complexity index is 1890. The fourth-order valence-electron chi connectivity index (χ4n) is 5.19. The molecule has 1 N–H and O–H groups in total. The molecule has 2 aromatic carbocycles. The predicted molar refractivity (Wildman–Crippen MR) is 169 cm³/mol. The fraction of sp³-hybridized carbons (Fsp3) is 0.344. The molecule has 44 heavy (non-hydrogen) atoms. The molecule has 3 aromatic heterocycles. The van der Waals surface area contributed by atoms with Crippen LogP contribution in [0.4, 0.5) is 4.79 Å². The molecule has 1 saturated heterocycles. The molecule has 1 aliphatic rings. The summed E-state index contributed by atoms with van der Waals surface area (Å²) >= 11 is 3.51. The minimum atomic E-state index is -1.07. The van der Waals surface area contributed by atoms with Gasteiger partial charge in [-0.25, -0.2) is 19.7 Å². The molecule has 228 valence electrons. The maximum Gasteiger partial charge on any atom is 0.410 e. The summed E-state index contributed by atoms with van der Waals surface area (Å²) in [6, 6.07) is 15.1. The number of imidazole rings is 1. The lowest BCUT2D eigenvalue weighted by atomic mass is 9.92. The second-order valence-electron chi connectivity index (χ2n) is 12.1. The Balaban J connectivity index is 1.11. The van der Waals surface area contributed by atoms with Gasteiger partial charge in [-0.1, -0.05) is 34.1 Å². The number of hydrogen-bond acceptors (Lipinski definition) is 8. The van der Waals surface area contributed by atoms with Crippen molar-refractivity contribution in [1.29, 1.82) is 0 Å². The van der Waals surface area contributed by atoms with E-state index in [-0.39, 0.29) is 18.3 Å². The maximum absolute atomic E-state index is 12.9. The van der Waals surface area contributed by atoms with Crippen molar-refractivity contribution in [3.63, 3.8) is 0 Å². The van der Waals surface area contributed by atoms with Gasteiger partial charge in [0.25, 0.3) is 5.56 Å². The highest BCUT2D eigenvalue weighted by Crippen LogP contribution is 2.26. The number of ether oxygens (including phenoxy) is 2. The number of benzene rings is 2. The quantitative estimate of drug-likeness (QED) is 0.268. The zero-order chi connectivity index (χ0) is 31.1. The molecule has 0 bridgehead atoms. The van der Waals surface area contributed by atoms with Gasteiger partial charge in [-0.3, -0.25) is 13.8 Å². The van der Waals surface area contributed by atoms with Crippen LogP contribution < -0.4 is 10.3 Å². The van der Waals surface area contributed by atoms with Crippen molar-refractivity contribution >= 4 is 38.8 Å². The second-order valence-corrected chi connectivity index (χ2v) is 13.0. The molecule has 1 fully saturated rings. The van der Waals surface area contributed by atoms with Crippen LogP contribution in [0, 0.1) is 0 Å². The zero-order valence-electron chi connectivity index (χ0n) is 24.7. The number of aromatic nitrogens is 5. The van der Waals surface area contributed by atoms with Gasteiger partial charge in [-0.05, 0) is 63.4 Å². The van der Waals surface area contributed by atoms with Gasteiger partial charge in [-0.2, -0.15) is 0 Å². The highest BCUT2D eigenvalue weighted by atomic mass is 79.9. The SMILES string of the molecule is CC(C)(C)OC(=O)N1CCC(O)(COc2cnc(-c3cccc(Cn4c(=O)ccn5c6cc(Br)ccc6nc45)c3)nc2)CC1. The van der Waals surface area contributed by atoms with Gasteiger partial charge in [0.1, 0.15) is 17.8 Å². The van der Waals surface area contributed by atoms with Crippen molar-refractivity contribution in [2.24, 2.45) is 0 Å². The van der Waals surface area contributed by atoms with Crippen molar-refractivity contribution in [3.05, 3.63) is 87.5 Å². The summed E-state index contributed by atoms with van der Waals surface area (Å²) in [5, 5.41) is 11.0. The molecule has 0 spiro atoms. The lowest BCUT2D eigenvalue weighted by Crippen LogP contribution is -2.50. The molecular weight excluding hydrogens is 628 g/mol. The first kappa shape index (κ1) is 29.8. The highest BCUT2D eigenvalue weighted by molar-refractivity contribution is 9.10. The lowest BCUT2D eigenvalue weighted by molar-refractivity contribution is -0.0562. The number of aliphatic hydroxyl groups is 1. The Hall–Kier alpha value is -4.29. The molecule has 4 heterocycles. The molecule has 1 aliphatic heterocycles. The smallest absolute Gasteiger partial charge is 0.410 e. The molecule has 0 saturated carbocycles. The largest absolute Gasteiger partial charge is 0.487 e. The summed E-state index contributed by atoms with van der Waals surface area (Å²) in [5.74, 6) is 1.50. The second kappa shape index (κ2) is 11.7. The fourth-order valence-corrected chi connectivity index (χ4v) is 5.54. The molecule has 0 atom stereocenters. The number of rotatable bonds is 6. The molecule has 5 aromatic rings. The van der Waals surface area contributed by atoms with E-state index in [0.29, 0.717) is 49.8 Å². The molecule has 0 unspecified atom stereocenters. The third-order valence-corrected chi connectivity index (χ3v) is 8.01. The minimum absolute atomic E-state index is 0.0629. The number of fused-ring (bicyclic) bond motifs is 3. The van der Waals surface area contributed by atoms with E-state index in [1.807, 2.05) is 67.6 Å². The van der Waals surface area contributed by atoms with E-state index >= 15 is 0 Å². The van der Waals surface area contributed by atoms with E-state index < -0.39 is 11.2 Å². The molecular formula is C32H33BrN6O5. The number of likely N-dealkylation sites (tertiary alicyclic amines) is 1. The predicted octanol–water partition coefficient (Wildman–Crippen LogP) is 5.06. The number of carbonyl (C=O) groups is 1. The summed E-state index contributed by atoms with van der Waals surface area (Å²) in [6.45, 7) is 6.65. The first-order valence-corrected chi connectivity index (χ1v) is 15.2. The Morgan fingerprint density at radius 2 is 1.82 bits per heavy atom. The van der Waals surface area contributed by atoms with Crippen LogP contribution >= 0.6 is 15.9 Å². The number of piperidine rings is 1. The van der Waals surface area contributed by atoms with Gasteiger partial charge in [0.15, 0.2) is 11.6 Å². The first-order chi connectivity index (χ1) is 21.0. The van der Waals surface area contributed by atoms with Crippen molar-refractivity contribution in [1.82, 2.24) is 28.8 Å². The summed E-state index contributed by atoms with van der Waals surface area (Å²) in [4.78, 5) is 40.5. The van der Waals surface area contributed by atoms with Gasteiger partial charge in [0.2, 0.25) is 5.78 Å². The average Bonchev–Trinajstić information content (AvgIpc) is 3.35. The summed E-state index contributed by atoms with van der Waals surface area (Å²) in [5.41, 5.74) is 1.62. The third kappa shape index (κ3) is 6.46. The van der Waals surface area contributed by atoms with Crippen LogP contribution in [0.15, 0.2) is 76.4 Å². The van der Waals surface area contributed by atoms with Crippen LogP contribution in [0.1, 0.15) is 39.2 Å². The Labute approximate surface area is 262 Å². The van der Waals surface area contributed by atoms with Crippen LogP contribution in [0.25, 0.3) is 28.2 Å². The van der Waals surface area contributed by atoms with Crippen LogP contribution in [-0.2, 0) is 11.3 Å². The number of halogens is 1. The summed E-state index contributed by atoms with van der Waals surface area (Å²) in [7, 11) is 0. The lowest BCUT2D eigenvalue weighted by Gasteiger charge is -2.38. The van der Waals surface area contributed by atoms with E-state index in [1.165, 1.54) is 0 Å². The Kier molecular flexibility index (Phi) is 7.89. The zero-order valence-corrected chi connectivity index (χ0v) is 26.3. The van der Waals surface area contributed by atoms with Gasteiger partial charge in [0, 0.05) is 35.4 Å². The normalized spacial score (nSPS) is 15.1. The molecule has 12 heteroatoms. The molecule has 11 nitrogen and oxygen atoms in total. The van der Waals surface area contributed by atoms with Crippen LogP contribution in [-0.4, -0.2) is 70.9 Å². The Morgan fingerprint density at radius 3 is 2.55 bits per heavy atom. The molecule has 0 radical (unpaired) electrons. The first-order valence-electron chi connectivity index (χ1n) is 14.4. The van der Waals surface area contributed by atoms with Crippen molar-refractivity contribution in [2.75, 3.05) is 19.7 Å². The minimum Gasteiger partial charge on any atom is -0.487 e. The topological polar surface area (TPSA) is 124 Å². The van der Waals surface area contributed by atoms with E-state index in [1.54, 1.807) is 34.1 Å². The van der Waals surface area contributed by atoms with Crippen LogP contribution in [0.2, 0.25) is 0 Å². The van der Waals surface area contributed by atoms with E-state index in [2.05, 4.69) is 25.9 Å². The van der Waals surface area contributed by atoms with Gasteiger partial charge < -0.3 is 19.5 Å². The number of amides is 1. The molecule has 0 aliphatic carbocycles. The average molecular weight is 662 g/mol. The standard InChI is InChI=1S/C32H33BrN6O5/c1-31(2,3)44-30(41)37-13-10-32(42,11-14-37)20-43-24-17-34-28(35-18-24)22-6-4-5-21(15-22)19-39-27(40)9-12-38-26-16-23(33)7-8-25(26)36-29(38)39/h4-9,12,15-18,42H,10-11,13-14,19-20H2,1-3H3. The monoisotopic (exact) mass is 660 g/mol. The number of nitrogens with zero attached hydrogens (tertiary/aromatic N) is 6.